The zero-order valence-corrected chi connectivity index (χ0v) is 17.4. The van der Waals surface area contributed by atoms with E-state index < -0.39 is 12.8 Å². The number of aliphatic imine (C=N–C) groups is 1. The lowest BCUT2D eigenvalue weighted by Crippen LogP contribution is -2.20. The largest absolute Gasteiger partial charge is 0.507 e. The third-order valence-electron chi connectivity index (χ3n) is 4.72. The van der Waals surface area contributed by atoms with Crippen LogP contribution in [0.1, 0.15) is 5.56 Å². The molecule has 0 saturated heterocycles. The van der Waals surface area contributed by atoms with Crippen molar-refractivity contribution in [1.29, 1.82) is 0 Å². The Morgan fingerprint density at radius 1 is 0.806 bits per heavy atom. The summed E-state index contributed by atoms with van der Waals surface area (Å²) in [6.45, 7) is 0. The van der Waals surface area contributed by atoms with Gasteiger partial charge in [-0.1, -0.05) is 78.9 Å². The van der Waals surface area contributed by atoms with E-state index in [2.05, 4.69) is 35.3 Å². The summed E-state index contributed by atoms with van der Waals surface area (Å²) in [6, 6.07) is 32.3. The highest BCUT2D eigenvalue weighted by Gasteiger charge is 2.19. The molecule has 1 N–H and O–H groups in total. The first-order valence-electron chi connectivity index (χ1n) is 9.64. The van der Waals surface area contributed by atoms with Gasteiger partial charge in [0.05, 0.1) is 10.6 Å². The highest BCUT2D eigenvalue weighted by molar-refractivity contribution is 7.80. The van der Waals surface area contributed by atoms with E-state index in [-0.39, 0.29) is 11.4 Å². The minimum atomic E-state index is -0.856. The standard InChI is InChI=1S/C25H19N2O3P/c28-24-16-15-20(27(29)30)17-19(24)18-26-23-13-7-8-14-25(23)31(21-9-3-1-4-10-21)22-11-5-2-6-12-22/h1-18,28H. The predicted octanol–water partition coefficient (Wildman–Crippen LogP) is 4.81. The van der Waals surface area contributed by atoms with Crippen molar-refractivity contribution in [3.8, 4) is 5.75 Å². The van der Waals surface area contributed by atoms with Crippen molar-refractivity contribution in [2.75, 3.05) is 0 Å². The summed E-state index contributed by atoms with van der Waals surface area (Å²) in [7, 11) is -0.856. The van der Waals surface area contributed by atoms with Crippen LogP contribution in [0.2, 0.25) is 0 Å². The van der Waals surface area contributed by atoms with Gasteiger partial charge < -0.3 is 5.11 Å². The Kier molecular flexibility index (Phi) is 6.16. The third kappa shape index (κ3) is 4.68. The van der Waals surface area contributed by atoms with Crippen LogP contribution in [0.5, 0.6) is 5.75 Å². The SMILES string of the molecule is O=[N+]([O-])c1ccc(O)c(C=Nc2ccccc2P(c2ccccc2)c2ccccc2)c1. The van der Waals surface area contributed by atoms with Gasteiger partial charge in [-0.15, -0.1) is 0 Å². The fourth-order valence-corrected chi connectivity index (χ4v) is 5.63. The van der Waals surface area contributed by atoms with Crippen LogP contribution in [0.3, 0.4) is 0 Å². The monoisotopic (exact) mass is 426 g/mol. The third-order valence-corrected chi connectivity index (χ3v) is 7.21. The molecule has 4 rings (SSSR count). The Morgan fingerprint density at radius 3 is 2.00 bits per heavy atom. The van der Waals surface area contributed by atoms with Gasteiger partial charge in [-0.3, -0.25) is 15.1 Å². The topological polar surface area (TPSA) is 75.7 Å². The molecule has 0 unspecified atom stereocenters. The number of rotatable bonds is 6. The molecule has 0 amide bonds. The molecule has 0 spiro atoms. The molecule has 4 aromatic carbocycles. The van der Waals surface area contributed by atoms with Gasteiger partial charge >= 0.3 is 0 Å². The fraction of sp³-hybridized carbons (Fsp3) is 0. The van der Waals surface area contributed by atoms with Crippen molar-refractivity contribution in [3.05, 3.63) is 119 Å². The minimum absolute atomic E-state index is 0.0554. The van der Waals surface area contributed by atoms with Crippen molar-refractivity contribution >= 4 is 41.4 Å². The van der Waals surface area contributed by atoms with Crippen molar-refractivity contribution in [3.63, 3.8) is 0 Å². The first-order valence-corrected chi connectivity index (χ1v) is 11.0. The summed E-state index contributed by atoms with van der Waals surface area (Å²) in [5.41, 5.74) is 0.961. The molecule has 0 heterocycles. The van der Waals surface area contributed by atoms with Gasteiger partial charge in [-0.25, -0.2) is 0 Å². The number of nitro benzene ring substituents is 1. The van der Waals surface area contributed by atoms with Crippen LogP contribution >= 0.6 is 7.92 Å². The number of benzene rings is 4. The zero-order valence-electron chi connectivity index (χ0n) is 16.5. The quantitative estimate of drug-likeness (QED) is 0.208. The summed E-state index contributed by atoms with van der Waals surface area (Å²) in [5, 5.41) is 24.7. The molecule has 0 aliphatic carbocycles. The molecule has 0 atom stereocenters. The van der Waals surface area contributed by atoms with Gasteiger partial charge in [0.15, 0.2) is 0 Å². The molecule has 0 radical (unpaired) electrons. The van der Waals surface area contributed by atoms with Crippen LogP contribution in [0.15, 0.2) is 108 Å². The molecule has 0 aliphatic heterocycles. The summed E-state index contributed by atoms with van der Waals surface area (Å²) in [5.74, 6) is -0.0554. The van der Waals surface area contributed by atoms with E-state index in [1.165, 1.54) is 35.0 Å². The van der Waals surface area contributed by atoms with Crippen LogP contribution in [-0.2, 0) is 0 Å². The molecule has 4 aromatic rings. The molecular weight excluding hydrogens is 407 g/mol. The van der Waals surface area contributed by atoms with E-state index >= 15 is 0 Å². The van der Waals surface area contributed by atoms with Gasteiger partial charge in [-0.05, 0) is 30.7 Å². The smallest absolute Gasteiger partial charge is 0.270 e. The van der Waals surface area contributed by atoms with Crippen LogP contribution in [-0.4, -0.2) is 16.2 Å². The second-order valence-electron chi connectivity index (χ2n) is 6.75. The van der Waals surface area contributed by atoms with Gasteiger partial charge in [0, 0.05) is 29.2 Å². The Balaban J connectivity index is 1.80. The molecule has 5 nitrogen and oxygen atoms in total. The molecule has 6 heteroatoms. The van der Waals surface area contributed by atoms with E-state index in [1.54, 1.807) is 0 Å². The average Bonchev–Trinajstić information content (AvgIpc) is 2.81. The molecule has 0 aromatic heterocycles. The molecule has 152 valence electrons. The normalized spacial score (nSPS) is 11.1. The summed E-state index contributed by atoms with van der Waals surface area (Å²) in [6.07, 6.45) is 1.48. The molecular formula is C25H19N2O3P. The second kappa shape index (κ2) is 9.33. The average molecular weight is 426 g/mol. The van der Waals surface area contributed by atoms with Crippen molar-refractivity contribution in [1.82, 2.24) is 0 Å². The molecule has 0 aliphatic rings. The van der Waals surface area contributed by atoms with E-state index in [1.807, 2.05) is 54.6 Å². The lowest BCUT2D eigenvalue weighted by atomic mass is 10.2. The number of phenolic OH excluding ortho intramolecular Hbond substituents is 1. The first kappa shape index (κ1) is 20.5. The number of hydrogen-bond donors (Lipinski definition) is 1. The van der Waals surface area contributed by atoms with Gasteiger partial charge in [0.1, 0.15) is 5.75 Å². The number of non-ortho nitro benzene ring substituents is 1. The lowest BCUT2D eigenvalue weighted by Gasteiger charge is -2.20. The van der Waals surface area contributed by atoms with E-state index in [0.29, 0.717) is 5.56 Å². The van der Waals surface area contributed by atoms with E-state index in [9.17, 15) is 15.2 Å². The molecule has 31 heavy (non-hydrogen) atoms. The Bertz CT molecular complexity index is 1190. The molecule has 0 bridgehead atoms. The summed E-state index contributed by atoms with van der Waals surface area (Å²) < 4.78 is 0. The molecule has 0 fully saturated rings. The van der Waals surface area contributed by atoms with Gasteiger partial charge in [-0.2, -0.15) is 0 Å². The number of phenols is 1. The minimum Gasteiger partial charge on any atom is -0.507 e. The van der Waals surface area contributed by atoms with Gasteiger partial charge in [0.25, 0.3) is 5.69 Å². The Labute approximate surface area is 181 Å². The van der Waals surface area contributed by atoms with Crippen LogP contribution < -0.4 is 15.9 Å². The predicted molar refractivity (Wildman–Crippen MR) is 127 cm³/mol. The lowest BCUT2D eigenvalue weighted by molar-refractivity contribution is -0.384. The number of nitrogens with zero attached hydrogens (tertiary/aromatic N) is 2. The van der Waals surface area contributed by atoms with Crippen molar-refractivity contribution in [2.45, 2.75) is 0 Å². The Hall–Kier alpha value is -3.82. The van der Waals surface area contributed by atoms with E-state index in [4.69, 9.17) is 0 Å². The van der Waals surface area contributed by atoms with Crippen LogP contribution in [0.4, 0.5) is 11.4 Å². The summed E-state index contributed by atoms with van der Waals surface area (Å²) in [4.78, 5) is 15.2. The maximum absolute atomic E-state index is 11.1. The summed E-state index contributed by atoms with van der Waals surface area (Å²) >= 11 is 0. The fourth-order valence-electron chi connectivity index (χ4n) is 3.24. The van der Waals surface area contributed by atoms with Crippen LogP contribution in [0.25, 0.3) is 0 Å². The highest BCUT2D eigenvalue weighted by Crippen LogP contribution is 2.36. The second-order valence-corrected chi connectivity index (χ2v) is 8.94. The maximum Gasteiger partial charge on any atom is 0.270 e. The number of aromatic hydroxyl groups is 1. The van der Waals surface area contributed by atoms with Crippen molar-refractivity contribution < 1.29 is 10.0 Å². The molecule has 0 saturated carbocycles. The van der Waals surface area contributed by atoms with Gasteiger partial charge in [0.2, 0.25) is 0 Å². The van der Waals surface area contributed by atoms with Crippen LogP contribution in [0, 0.1) is 10.1 Å². The first-order chi connectivity index (χ1) is 15.1. The number of nitro groups is 1. The Morgan fingerprint density at radius 2 is 1.39 bits per heavy atom. The number of para-hydroxylation sites is 1. The van der Waals surface area contributed by atoms with Crippen molar-refractivity contribution in [2.24, 2.45) is 4.99 Å². The highest BCUT2D eigenvalue weighted by atomic mass is 31.1. The van der Waals surface area contributed by atoms with E-state index in [0.717, 1.165) is 11.0 Å². The maximum atomic E-state index is 11.1. The number of hydrogen-bond acceptors (Lipinski definition) is 4. The zero-order chi connectivity index (χ0) is 21.6.